The van der Waals surface area contributed by atoms with Crippen LogP contribution in [0.2, 0.25) is 0 Å². The van der Waals surface area contributed by atoms with Crippen LogP contribution in [0.15, 0.2) is 12.1 Å². The first-order valence-electron chi connectivity index (χ1n) is 5.13. The third-order valence-electron chi connectivity index (χ3n) is 2.45. The average Bonchev–Trinajstić information content (AvgIpc) is 2.13. The van der Waals surface area contributed by atoms with Gasteiger partial charge in [-0.3, -0.25) is 4.90 Å². The Morgan fingerprint density at radius 1 is 1.27 bits per heavy atom. The number of benzene rings is 1. The lowest BCUT2D eigenvalue weighted by Gasteiger charge is -2.17. The SMILES string of the molecule is Cc1cc(C)c(O)c(CN(C)CCO)c1. The van der Waals surface area contributed by atoms with E-state index in [2.05, 4.69) is 0 Å². The maximum atomic E-state index is 9.85. The molecule has 0 aliphatic carbocycles. The van der Waals surface area contributed by atoms with Gasteiger partial charge >= 0.3 is 0 Å². The van der Waals surface area contributed by atoms with Crippen molar-refractivity contribution in [3.63, 3.8) is 0 Å². The van der Waals surface area contributed by atoms with Crippen molar-refractivity contribution >= 4 is 0 Å². The number of hydrogen-bond acceptors (Lipinski definition) is 3. The molecule has 1 aromatic carbocycles. The molecule has 1 aromatic rings. The Morgan fingerprint density at radius 2 is 1.93 bits per heavy atom. The van der Waals surface area contributed by atoms with Crippen LogP contribution in [-0.4, -0.2) is 35.3 Å². The predicted molar refractivity (Wildman–Crippen MR) is 61.0 cm³/mol. The van der Waals surface area contributed by atoms with Gasteiger partial charge in [0, 0.05) is 18.7 Å². The number of nitrogens with zero attached hydrogens (tertiary/aromatic N) is 1. The lowest BCUT2D eigenvalue weighted by molar-refractivity contribution is 0.216. The summed E-state index contributed by atoms with van der Waals surface area (Å²) in [7, 11) is 1.92. The molecular weight excluding hydrogens is 190 g/mol. The number of aliphatic hydroxyl groups excluding tert-OH is 1. The molecule has 0 atom stereocenters. The zero-order valence-corrected chi connectivity index (χ0v) is 9.62. The van der Waals surface area contributed by atoms with Crippen molar-refractivity contribution in [1.29, 1.82) is 0 Å². The maximum absolute atomic E-state index is 9.85. The molecule has 0 bridgehead atoms. The summed E-state index contributed by atoms with van der Waals surface area (Å²) in [5.74, 6) is 0.366. The second kappa shape index (κ2) is 5.14. The predicted octanol–water partition coefficient (Wildman–Crippen LogP) is 1.43. The highest BCUT2D eigenvalue weighted by Gasteiger charge is 2.07. The fourth-order valence-electron chi connectivity index (χ4n) is 1.71. The molecule has 15 heavy (non-hydrogen) atoms. The van der Waals surface area contributed by atoms with Gasteiger partial charge in [0.25, 0.3) is 0 Å². The van der Waals surface area contributed by atoms with E-state index in [0.29, 0.717) is 18.8 Å². The summed E-state index contributed by atoms with van der Waals surface area (Å²) in [4.78, 5) is 1.98. The summed E-state index contributed by atoms with van der Waals surface area (Å²) < 4.78 is 0. The van der Waals surface area contributed by atoms with Crippen LogP contribution in [0.5, 0.6) is 5.75 Å². The summed E-state index contributed by atoms with van der Waals surface area (Å²) in [6.07, 6.45) is 0. The molecule has 0 saturated carbocycles. The van der Waals surface area contributed by atoms with Gasteiger partial charge in [-0.25, -0.2) is 0 Å². The largest absolute Gasteiger partial charge is 0.507 e. The first-order valence-corrected chi connectivity index (χ1v) is 5.13. The summed E-state index contributed by atoms with van der Waals surface area (Å²) in [6.45, 7) is 5.34. The van der Waals surface area contributed by atoms with E-state index >= 15 is 0 Å². The van der Waals surface area contributed by atoms with E-state index in [1.807, 2.05) is 37.9 Å². The lowest BCUT2D eigenvalue weighted by atomic mass is 10.1. The van der Waals surface area contributed by atoms with Crippen LogP contribution in [-0.2, 0) is 6.54 Å². The minimum absolute atomic E-state index is 0.141. The number of phenols is 1. The fourth-order valence-corrected chi connectivity index (χ4v) is 1.71. The van der Waals surface area contributed by atoms with Crippen molar-refractivity contribution in [2.24, 2.45) is 0 Å². The highest BCUT2D eigenvalue weighted by molar-refractivity contribution is 5.42. The van der Waals surface area contributed by atoms with Crippen molar-refractivity contribution in [2.75, 3.05) is 20.2 Å². The van der Waals surface area contributed by atoms with Crippen LogP contribution < -0.4 is 0 Å². The Kier molecular flexibility index (Phi) is 4.12. The molecule has 2 N–H and O–H groups in total. The van der Waals surface area contributed by atoms with E-state index < -0.39 is 0 Å². The van der Waals surface area contributed by atoms with Gasteiger partial charge in [0.15, 0.2) is 0 Å². The minimum atomic E-state index is 0.141. The maximum Gasteiger partial charge on any atom is 0.122 e. The zero-order valence-electron chi connectivity index (χ0n) is 9.62. The average molecular weight is 209 g/mol. The van der Waals surface area contributed by atoms with Crippen LogP contribution >= 0.6 is 0 Å². The molecule has 3 nitrogen and oxygen atoms in total. The number of aromatic hydroxyl groups is 1. The smallest absolute Gasteiger partial charge is 0.122 e. The van der Waals surface area contributed by atoms with Crippen LogP contribution in [0, 0.1) is 13.8 Å². The number of aliphatic hydroxyl groups is 1. The normalized spacial score (nSPS) is 11.0. The third kappa shape index (κ3) is 3.22. The van der Waals surface area contributed by atoms with Gasteiger partial charge in [-0.2, -0.15) is 0 Å². The summed E-state index contributed by atoms with van der Waals surface area (Å²) >= 11 is 0. The molecule has 0 unspecified atom stereocenters. The fraction of sp³-hybridized carbons (Fsp3) is 0.500. The second-order valence-corrected chi connectivity index (χ2v) is 4.05. The zero-order chi connectivity index (χ0) is 11.4. The number of rotatable bonds is 4. The molecule has 0 spiro atoms. The van der Waals surface area contributed by atoms with Crippen LogP contribution in [0.4, 0.5) is 0 Å². The number of likely N-dealkylation sites (N-methyl/N-ethyl adjacent to an activating group) is 1. The van der Waals surface area contributed by atoms with Crippen molar-refractivity contribution in [1.82, 2.24) is 4.90 Å². The quantitative estimate of drug-likeness (QED) is 0.788. The molecule has 0 aliphatic rings. The standard InChI is InChI=1S/C12H19NO2/c1-9-6-10(2)12(15)11(7-9)8-13(3)4-5-14/h6-7,14-15H,4-5,8H2,1-3H3. The van der Waals surface area contributed by atoms with E-state index in [1.54, 1.807) is 0 Å². The van der Waals surface area contributed by atoms with Gasteiger partial charge in [0.1, 0.15) is 5.75 Å². The van der Waals surface area contributed by atoms with E-state index in [-0.39, 0.29) is 6.61 Å². The summed E-state index contributed by atoms with van der Waals surface area (Å²) in [5.41, 5.74) is 2.98. The highest BCUT2D eigenvalue weighted by atomic mass is 16.3. The molecular formula is C12H19NO2. The van der Waals surface area contributed by atoms with Gasteiger partial charge in [-0.15, -0.1) is 0 Å². The molecule has 0 aromatic heterocycles. The van der Waals surface area contributed by atoms with Crippen molar-refractivity contribution < 1.29 is 10.2 Å². The Bertz CT molecular complexity index is 337. The van der Waals surface area contributed by atoms with Crippen molar-refractivity contribution in [3.8, 4) is 5.75 Å². The van der Waals surface area contributed by atoms with Gasteiger partial charge < -0.3 is 10.2 Å². The van der Waals surface area contributed by atoms with E-state index in [4.69, 9.17) is 5.11 Å². The highest BCUT2D eigenvalue weighted by Crippen LogP contribution is 2.24. The molecule has 3 heteroatoms. The van der Waals surface area contributed by atoms with Crippen LogP contribution in [0.25, 0.3) is 0 Å². The van der Waals surface area contributed by atoms with Crippen LogP contribution in [0.1, 0.15) is 16.7 Å². The molecule has 0 fully saturated rings. The Labute approximate surface area is 91.0 Å². The van der Waals surface area contributed by atoms with E-state index in [0.717, 1.165) is 16.7 Å². The topological polar surface area (TPSA) is 43.7 Å². The lowest BCUT2D eigenvalue weighted by Crippen LogP contribution is -2.21. The molecule has 84 valence electrons. The Balaban J connectivity index is 2.84. The Morgan fingerprint density at radius 3 is 2.53 bits per heavy atom. The van der Waals surface area contributed by atoms with Gasteiger partial charge in [-0.05, 0) is 26.5 Å². The van der Waals surface area contributed by atoms with Crippen molar-refractivity contribution in [3.05, 3.63) is 28.8 Å². The molecule has 0 heterocycles. The van der Waals surface area contributed by atoms with Crippen molar-refractivity contribution in [2.45, 2.75) is 20.4 Å². The van der Waals surface area contributed by atoms with E-state index in [9.17, 15) is 5.11 Å². The van der Waals surface area contributed by atoms with E-state index in [1.165, 1.54) is 0 Å². The minimum Gasteiger partial charge on any atom is -0.507 e. The summed E-state index contributed by atoms with van der Waals surface area (Å²) in [5, 5.41) is 18.6. The molecule has 0 saturated heterocycles. The third-order valence-corrected chi connectivity index (χ3v) is 2.45. The second-order valence-electron chi connectivity index (χ2n) is 4.05. The monoisotopic (exact) mass is 209 g/mol. The Hall–Kier alpha value is -1.06. The molecule has 0 radical (unpaired) electrons. The number of hydrogen-bond donors (Lipinski definition) is 2. The summed E-state index contributed by atoms with van der Waals surface area (Å²) in [6, 6.07) is 3.95. The number of phenolic OH excluding ortho intramolecular Hbond substituents is 1. The first-order chi connectivity index (χ1) is 7.04. The van der Waals surface area contributed by atoms with Gasteiger partial charge in [0.05, 0.1) is 6.61 Å². The van der Waals surface area contributed by atoms with Gasteiger partial charge in [0.2, 0.25) is 0 Å². The number of aryl methyl sites for hydroxylation is 2. The molecule has 0 aliphatic heterocycles. The molecule has 0 amide bonds. The molecule has 1 rings (SSSR count). The van der Waals surface area contributed by atoms with Gasteiger partial charge in [-0.1, -0.05) is 17.7 Å². The first kappa shape index (κ1) is 12.0. The van der Waals surface area contributed by atoms with Crippen LogP contribution in [0.3, 0.4) is 0 Å².